The van der Waals surface area contributed by atoms with Gasteiger partial charge >= 0.3 is 0 Å². The molecule has 0 amide bonds. The smallest absolute Gasteiger partial charge is 0.203 e. The van der Waals surface area contributed by atoms with Gasteiger partial charge in [-0.1, -0.05) is 37.3 Å². The molecule has 2 aromatic rings. The Morgan fingerprint density at radius 3 is 2.07 bits per heavy atom. The number of hydrogen-bond acceptors (Lipinski definition) is 5. The van der Waals surface area contributed by atoms with Gasteiger partial charge in [0.2, 0.25) is 5.75 Å². The van der Waals surface area contributed by atoms with E-state index in [2.05, 4.69) is 55.5 Å². The van der Waals surface area contributed by atoms with Crippen LogP contribution in [0.25, 0.3) is 0 Å². The van der Waals surface area contributed by atoms with Crippen molar-refractivity contribution in [1.82, 2.24) is 10.2 Å². The van der Waals surface area contributed by atoms with Crippen molar-refractivity contribution in [2.24, 2.45) is 0 Å². The average Bonchev–Trinajstić information content (AvgIpc) is 2.70. The lowest BCUT2D eigenvalue weighted by Crippen LogP contribution is -2.31. The molecule has 0 bridgehead atoms. The minimum absolute atomic E-state index is 0.294. The molecule has 0 radical (unpaired) electrons. The molecule has 2 rings (SSSR count). The Hall–Kier alpha value is -2.24. The van der Waals surface area contributed by atoms with Gasteiger partial charge in [-0.25, -0.2) is 0 Å². The molecule has 1 N–H and O–H groups in total. The zero-order valence-corrected chi connectivity index (χ0v) is 17.3. The van der Waals surface area contributed by atoms with Crippen molar-refractivity contribution in [3.8, 4) is 17.2 Å². The topological polar surface area (TPSA) is 43.0 Å². The van der Waals surface area contributed by atoms with Gasteiger partial charge in [-0.2, -0.15) is 0 Å². The molecule has 0 aliphatic heterocycles. The van der Waals surface area contributed by atoms with Crippen LogP contribution in [0.2, 0.25) is 0 Å². The number of nitrogens with one attached hydrogen (secondary N) is 1. The van der Waals surface area contributed by atoms with E-state index in [4.69, 9.17) is 14.2 Å². The summed E-state index contributed by atoms with van der Waals surface area (Å²) in [6.07, 6.45) is 1.06. The largest absolute Gasteiger partial charge is 0.493 e. The molecule has 27 heavy (non-hydrogen) atoms. The van der Waals surface area contributed by atoms with Crippen molar-refractivity contribution in [3.05, 3.63) is 53.1 Å². The van der Waals surface area contributed by atoms with Crippen molar-refractivity contribution in [1.29, 1.82) is 0 Å². The number of ether oxygens (including phenoxy) is 3. The van der Waals surface area contributed by atoms with Crippen LogP contribution < -0.4 is 19.5 Å². The molecule has 0 aliphatic carbocycles. The third kappa shape index (κ3) is 5.15. The van der Waals surface area contributed by atoms with Gasteiger partial charge in [-0.05, 0) is 37.7 Å². The SMILES string of the molecule is CCc1ccc([C@H](CNCc2ccc(OC)c(OC)c2OC)N(C)C)cc1. The number of rotatable bonds is 10. The van der Waals surface area contributed by atoms with Gasteiger partial charge < -0.3 is 24.4 Å². The van der Waals surface area contributed by atoms with Crippen LogP contribution in [0.5, 0.6) is 17.2 Å². The first-order valence-corrected chi connectivity index (χ1v) is 9.29. The van der Waals surface area contributed by atoms with Crippen LogP contribution in [0.3, 0.4) is 0 Å². The lowest BCUT2D eigenvalue weighted by Gasteiger charge is -2.26. The fourth-order valence-electron chi connectivity index (χ4n) is 3.22. The molecule has 0 spiro atoms. The summed E-state index contributed by atoms with van der Waals surface area (Å²) in [5.74, 6) is 2.00. The van der Waals surface area contributed by atoms with Gasteiger partial charge in [0.05, 0.1) is 21.3 Å². The summed E-state index contributed by atoms with van der Waals surface area (Å²) in [4.78, 5) is 2.24. The molecule has 1 atom stereocenters. The van der Waals surface area contributed by atoms with Gasteiger partial charge in [0, 0.05) is 24.7 Å². The quantitative estimate of drug-likeness (QED) is 0.689. The van der Waals surface area contributed by atoms with Crippen molar-refractivity contribution >= 4 is 0 Å². The molecule has 0 fully saturated rings. The van der Waals surface area contributed by atoms with Crippen molar-refractivity contribution in [2.75, 3.05) is 42.0 Å². The predicted octanol–water partition coefficient (Wildman–Crippen LogP) is 3.67. The summed E-state index contributed by atoms with van der Waals surface area (Å²) in [7, 11) is 9.12. The summed E-state index contributed by atoms with van der Waals surface area (Å²) in [6, 6.07) is 13.1. The minimum Gasteiger partial charge on any atom is -0.493 e. The van der Waals surface area contributed by atoms with Crippen molar-refractivity contribution < 1.29 is 14.2 Å². The highest BCUT2D eigenvalue weighted by Gasteiger charge is 2.17. The number of aryl methyl sites for hydroxylation is 1. The average molecular weight is 373 g/mol. The van der Waals surface area contributed by atoms with E-state index in [1.165, 1.54) is 11.1 Å². The van der Waals surface area contributed by atoms with Crippen LogP contribution in [-0.4, -0.2) is 46.9 Å². The first-order chi connectivity index (χ1) is 13.0. The molecule has 5 nitrogen and oxygen atoms in total. The van der Waals surface area contributed by atoms with E-state index in [-0.39, 0.29) is 0 Å². The number of nitrogens with zero attached hydrogens (tertiary/aromatic N) is 1. The van der Waals surface area contributed by atoms with Crippen molar-refractivity contribution in [3.63, 3.8) is 0 Å². The highest BCUT2D eigenvalue weighted by Crippen LogP contribution is 2.39. The predicted molar refractivity (Wildman–Crippen MR) is 110 cm³/mol. The third-order valence-corrected chi connectivity index (χ3v) is 4.83. The van der Waals surface area contributed by atoms with Gasteiger partial charge in [0.25, 0.3) is 0 Å². The van der Waals surface area contributed by atoms with E-state index in [9.17, 15) is 0 Å². The lowest BCUT2D eigenvalue weighted by molar-refractivity contribution is 0.287. The summed E-state index contributed by atoms with van der Waals surface area (Å²) in [5.41, 5.74) is 3.71. The van der Waals surface area contributed by atoms with Gasteiger partial charge in [-0.3, -0.25) is 0 Å². The Labute approximate surface area is 163 Å². The normalized spacial score (nSPS) is 12.1. The summed E-state index contributed by atoms with van der Waals surface area (Å²) in [6.45, 7) is 3.69. The molecule has 148 valence electrons. The van der Waals surface area contributed by atoms with E-state index in [0.717, 1.165) is 18.5 Å². The second-order valence-corrected chi connectivity index (χ2v) is 6.70. The van der Waals surface area contributed by atoms with Crippen LogP contribution in [-0.2, 0) is 13.0 Å². The number of likely N-dealkylation sites (N-methyl/N-ethyl adjacent to an activating group) is 1. The van der Waals surface area contributed by atoms with Gasteiger partial charge in [0.1, 0.15) is 0 Å². The maximum Gasteiger partial charge on any atom is 0.203 e. The maximum absolute atomic E-state index is 5.57. The zero-order chi connectivity index (χ0) is 19.8. The van der Waals surface area contributed by atoms with Gasteiger partial charge in [0.15, 0.2) is 11.5 Å². The van der Waals surface area contributed by atoms with Crippen LogP contribution in [0.1, 0.15) is 29.7 Å². The first kappa shape index (κ1) is 21.1. The Bertz CT molecular complexity index is 714. The lowest BCUT2D eigenvalue weighted by atomic mass is 10.0. The molecule has 0 aromatic heterocycles. The summed E-state index contributed by atoms with van der Waals surface area (Å²) < 4.78 is 16.4. The minimum atomic E-state index is 0.294. The van der Waals surface area contributed by atoms with E-state index in [0.29, 0.717) is 29.8 Å². The van der Waals surface area contributed by atoms with E-state index >= 15 is 0 Å². The van der Waals surface area contributed by atoms with Crippen LogP contribution in [0.15, 0.2) is 36.4 Å². The second-order valence-electron chi connectivity index (χ2n) is 6.70. The fraction of sp³-hybridized carbons (Fsp3) is 0.455. The van der Waals surface area contributed by atoms with Gasteiger partial charge in [-0.15, -0.1) is 0 Å². The van der Waals surface area contributed by atoms with Crippen LogP contribution >= 0.6 is 0 Å². The molecule has 0 saturated heterocycles. The molecule has 5 heteroatoms. The Morgan fingerprint density at radius 2 is 1.56 bits per heavy atom. The van der Waals surface area contributed by atoms with Crippen LogP contribution in [0.4, 0.5) is 0 Å². The molecule has 0 unspecified atom stereocenters. The van der Waals surface area contributed by atoms with Crippen LogP contribution in [0, 0.1) is 0 Å². The molecular formula is C22H32N2O3. The second kappa shape index (κ2) is 10.2. The Morgan fingerprint density at radius 1 is 0.889 bits per heavy atom. The van der Waals surface area contributed by atoms with Crippen molar-refractivity contribution in [2.45, 2.75) is 25.9 Å². The number of benzene rings is 2. The number of hydrogen-bond donors (Lipinski definition) is 1. The maximum atomic E-state index is 5.57. The number of methoxy groups -OCH3 is 3. The molecule has 0 heterocycles. The first-order valence-electron chi connectivity index (χ1n) is 9.29. The summed E-state index contributed by atoms with van der Waals surface area (Å²) >= 11 is 0. The molecule has 0 aliphatic rings. The monoisotopic (exact) mass is 372 g/mol. The molecular weight excluding hydrogens is 340 g/mol. The summed E-state index contributed by atoms with van der Waals surface area (Å²) in [5, 5.41) is 3.56. The highest BCUT2D eigenvalue weighted by molar-refractivity contribution is 5.55. The molecule has 0 saturated carbocycles. The standard InChI is InChI=1S/C22H32N2O3/c1-7-16-8-10-17(11-9-16)19(24(2)3)15-23-14-18-12-13-20(25-4)22(27-6)21(18)26-5/h8-13,19,23H,7,14-15H2,1-6H3/t19-/m0/s1. The van der Waals surface area contributed by atoms with E-state index in [1.807, 2.05) is 12.1 Å². The Balaban J connectivity index is 2.10. The Kier molecular flexibility index (Phi) is 7.95. The zero-order valence-electron chi connectivity index (χ0n) is 17.3. The van der Waals surface area contributed by atoms with E-state index in [1.54, 1.807) is 21.3 Å². The molecule has 2 aromatic carbocycles. The fourth-order valence-corrected chi connectivity index (χ4v) is 3.22. The highest BCUT2D eigenvalue weighted by atomic mass is 16.5. The third-order valence-electron chi connectivity index (χ3n) is 4.83. The van der Waals surface area contributed by atoms with E-state index < -0.39 is 0 Å².